The first-order valence-electron chi connectivity index (χ1n) is 2.99. The standard InChI is InChI=1S/C7H12O2/c1-3-4-5-7(8)6-9-2/h4-5H,3,6H2,1-2H3/b5-4+. The molecule has 0 aliphatic heterocycles. The van der Waals surface area contributed by atoms with E-state index in [4.69, 9.17) is 0 Å². The SMILES string of the molecule is CC/C=C/C(=O)COC. The van der Waals surface area contributed by atoms with Crippen molar-refractivity contribution in [3.05, 3.63) is 12.2 Å². The summed E-state index contributed by atoms with van der Waals surface area (Å²) in [5, 5.41) is 0. The van der Waals surface area contributed by atoms with Crippen LogP contribution < -0.4 is 0 Å². The van der Waals surface area contributed by atoms with E-state index in [-0.39, 0.29) is 12.4 Å². The van der Waals surface area contributed by atoms with Gasteiger partial charge in [0.25, 0.3) is 0 Å². The fourth-order valence-corrected chi connectivity index (χ4v) is 0.440. The van der Waals surface area contributed by atoms with Gasteiger partial charge in [-0.25, -0.2) is 0 Å². The van der Waals surface area contributed by atoms with Gasteiger partial charge in [0, 0.05) is 7.11 Å². The van der Waals surface area contributed by atoms with Gasteiger partial charge in [-0.2, -0.15) is 0 Å². The van der Waals surface area contributed by atoms with E-state index in [1.807, 2.05) is 13.0 Å². The molecule has 52 valence electrons. The molecule has 9 heavy (non-hydrogen) atoms. The lowest BCUT2D eigenvalue weighted by Crippen LogP contribution is -2.01. The molecule has 0 saturated heterocycles. The number of hydrogen-bond acceptors (Lipinski definition) is 2. The lowest BCUT2D eigenvalue weighted by Gasteiger charge is -1.88. The summed E-state index contributed by atoms with van der Waals surface area (Å²) in [6, 6.07) is 0. The molecule has 0 amide bonds. The van der Waals surface area contributed by atoms with Crippen LogP contribution in [-0.2, 0) is 9.53 Å². The maximum absolute atomic E-state index is 10.6. The first-order valence-corrected chi connectivity index (χ1v) is 2.99. The Bertz CT molecular complexity index is 105. The molecular formula is C7H12O2. The Balaban J connectivity index is 3.37. The first-order chi connectivity index (χ1) is 4.31. The molecule has 2 heteroatoms. The van der Waals surface area contributed by atoms with Gasteiger partial charge in [-0.1, -0.05) is 13.0 Å². The summed E-state index contributed by atoms with van der Waals surface area (Å²) in [5.41, 5.74) is 0. The predicted molar refractivity (Wildman–Crippen MR) is 36.3 cm³/mol. The zero-order valence-corrected chi connectivity index (χ0v) is 5.89. The number of methoxy groups -OCH3 is 1. The van der Waals surface area contributed by atoms with Gasteiger partial charge in [0.1, 0.15) is 6.61 Å². The van der Waals surface area contributed by atoms with Gasteiger partial charge in [-0.15, -0.1) is 0 Å². The second-order valence-corrected chi connectivity index (χ2v) is 1.71. The molecule has 0 bridgehead atoms. The van der Waals surface area contributed by atoms with Crippen LogP contribution in [0, 0.1) is 0 Å². The van der Waals surface area contributed by atoms with Gasteiger partial charge >= 0.3 is 0 Å². The average Bonchev–Trinajstić information content (AvgIpc) is 1.85. The molecule has 0 saturated carbocycles. The van der Waals surface area contributed by atoms with E-state index in [1.54, 1.807) is 6.08 Å². The van der Waals surface area contributed by atoms with Crippen LogP contribution >= 0.6 is 0 Å². The van der Waals surface area contributed by atoms with Crippen LogP contribution in [0.2, 0.25) is 0 Å². The second-order valence-electron chi connectivity index (χ2n) is 1.71. The lowest BCUT2D eigenvalue weighted by molar-refractivity contribution is -0.118. The van der Waals surface area contributed by atoms with Crippen LogP contribution in [0.3, 0.4) is 0 Å². The molecule has 0 aliphatic rings. The third kappa shape index (κ3) is 5.24. The maximum Gasteiger partial charge on any atom is 0.180 e. The number of carbonyl (C=O) groups is 1. The van der Waals surface area contributed by atoms with Crippen LogP contribution in [0.1, 0.15) is 13.3 Å². The van der Waals surface area contributed by atoms with E-state index < -0.39 is 0 Å². The monoisotopic (exact) mass is 128 g/mol. The Hall–Kier alpha value is -0.630. The van der Waals surface area contributed by atoms with Crippen molar-refractivity contribution >= 4 is 5.78 Å². The molecule has 0 spiro atoms. The van der Waals surface area contributed by atoms with Crippen molar-refractivity contribution in [1.82, 2.24) is 0 Å². The van der Waals surface area contributed by atoms with Crippen LogP contribution in [0.25, 0.3) is 0 Å². The Morgan fingerprint density at radius 2 is 2.33 bits per heavy atom. The van der Waals surface area contributed by atoms with Crippen molar-refractivity contribution in [2.45, 2.75) is 13.3 Å². The summed E-state index contributed by atoms with van der Waals surface area (Å²) in [6.45, 7) is 2.17. The molecule has 0 radical (unpaired) electrons. The number of rotatable bonds is 4. The van der Waals surface area contributed by atoms with Crippen molar-refractivity contribution in [3.63, 3.8) is 0 Å². The van der Waals surface area contributed by atoms with Crippen molar-refractivity contribution in [2.75, 3.05) is 13.7 Å². The Morgan fingerprint density at radius 1 is 1.67 bits per heavy atom. The third-order valence-electron chi connectivity index (χ3n) is 0.826. The Labute approximate surface area is 55.5 Å². The largest absolute Gasteiger partial charge is 0.377 e. The van der Waals surface area contributed by atoms with Gasteiger partial charge in [-0.3, -0.25) is 4.79 Å². The summed E-state index contributed by atoms with van der Waals surface area (Å²) in [6.07, 6.45) is 4.26. The van der Waals surface area contributed by atoms with Crippen molar-refractivity contribution in [1.29, 1.82) is 0 Å². The summed E-state index contributed by atoms with van der Waals surface area (Å²) < 4.78 is 4.60. The highest BCUT2D eigenvalue weighted by atomic mass is 16.5. The van der Waals surface area contributed by atoms with Crippen molar-refractivity contribution in [3.8, 4) is 0 Å². The zero-order chi connectivity index (χ0) is 7.11. The zero-order valence-electron chi connectivity index (χ0n) is 5.89. The van der Waals surface area contributed by atoms with Crippen LogP contribution in [0.4, 0.5) is 0 Å². The van der Waals surface area contributed by atoms with Crippen LogP contribution in [0.5, 0.6) is 0 Å². The average molecular weight is 128 g/mol. The molecule has 0 aliphatic carbocycles. The van der Waals surface area contributed by atoms with E-state index in [0.29, 0.717) is 0 Å². The minimum atomic E-state index is 0.0272. The Kier molecular flexibility index (Phi) is 5.12. The molecule has 0 unspecified atom stereocenters. The fraction of sp³-hybridized carbons (Fsp3) is 0.571. The third-order valence-corrected chi connectivity index (χ3v) is 0.826. The number of hydrogen-bond donors (Lipinski definition) is 0. The van der Waals surface area contributed by atoms with Gasteiger partial charge in [0.2, 0.25) is 0 Å². The maximum atomic E-state index is 10.6. The molecule has 0 aromatic carbocycles. The predicted octanol–water partition coefficient (Wildman–Crippen LogP) is 1.17. The van der Waals surface area contributed by atoms with Crippen molar-refractivity contribution in [2.24, 2.45) is 0 Å². The molecule has 0 atom stereocenters. The van der Waals surface area contributed by atoms with Gasteiger partial charge < -0.3 is 4.74 Å². The normalized spacial score (nSPS) is 10.4. The molecule has 2 nitrogen and oxygen atoms in total. The molecule has 0 aromatic rings. The van der Waals surface area contributed by atoms with Crippen molar-refractivity contribution < 1.29 is 9.53 Å². The highest BCUT2D eigenvalue weighted by molar-refractivity contribution is 5.90. The smallest absolute Gasteiger partial charge is 0.180 e. The van der Waals surface area contributed by atoms with Gasteiger partial charge in [0.15, 0.2) is 5.78 Å². The number of carbonyl (C=O) groups excluding carboxylic acids is 1. The molecule has 0 N–H and O–H groups in total. The van der Waals surface area contributed by atoms with E-state index in [0.717, 1.165) is 6.42 Å². The number of ether oxygens (including phenoxy) is 1. The molecule has 0 aromatic heterocycles. The topological polar surface area (TPSA) is 26.3 Å². The highest BCUT2D eigenvalue weighted by Gasteiger charge is 1.90. The highest BCUT2D eigenvalue weighted by Crippen LogP contribution is 1.81. The summed E-state index contributed by atoms with van der Waals surface area (Å²) in [4.78, 5) is 10.6. The molecule has 0 heterocycles. The van der Waals surface area contributed by atoms with Gasteiger partial charge in [-0.05, 0) is 12.5 Å². The number of ketones is 1. The quantitative estimate of drug-likeness (QED) is 0.531. The van der Waals surface area contributed by atoms with Crippen LogP contribution in [0.15, 0.2) is 12.2 Å². The lowest BCUT2D eigenvalue weighted by atomic mass is 10.3. The van der Waals surface area contributed by atoms with E-state index in [9.17, 15) is 4.79 Å². The summed E-state index contributed by atoms with van der Waals surface area (Å²) in [7, 11) is 1.51. The number of allylic oxidation sites excluding steroid dienone is 1. The fourth-order valence-electron chi connectivity index (χ4n) is 0.440. The van der Waals surface area contributed by atoms with E-state index in [2.05, 4.69) is 4.74 Å². The van der Waals surface area contributed by atoms with Gasteiger partial charge in [0.05, 0.1) is 0 Å². The molecule has 0 rings (SSSR count). The minimum absolute atomic E-state index is 0.0272. The molecular weight excluding hydrogens is 116 g/mol. The summed E-state index contributed by atoms with van der Waals surface area (Å²) >= 11 is 0. The summed E-state index contributed by atoms with van der Waals surface area (Å²) in [5.74, 6) is 0.0272. The Morgan fingerprint density at radius 3 is 2.78 bits per heavy atom. The minimum Gasteiger partial charge on any atom is -0.377 e. The first kappa shape index (κ1) is 8.37. The molecule has 0 fully saturated rings. The van der Waals surface area contributed by atoms with E-state index in [1.165, 1.54) is 7.11 Å². The second kappa shape index (κ2) is 5.51. The van der Waals surface area contributed by atoms with Crippen LogP contribution in [-0.4, -0.2) is 19.5 Å². The van der Waals surface area contributed by atoms with E-state index >= 15 is 0 Å².